The van der Waals surface area contributed by atoms with Crippen LogP contribution in [-0.2, 0) is 10.0 Å². The first kappa shape index (κ1) is 21.4. The maximum absolute atomic E-state index is 12.3. The summed E-state index contributed by atoms with van der Waals surface area (Å²) in [6.07, 6.45) is 1.63. The monoisotopic (exact) mass is 424 g/mol. The highest BCUT2D eigenvalue weighted by Crippen LogP contribution is 2.16. The fourth-order valence-corrected chi connectivity index (χ4v) is 3.82. The number of carbonyl (C=O) groups excluding carboxylic acids is 1. The van der Waals surface area contributed by atoms with Crippen molar-refractivity contribution >= 4 is 21.6 Å². The molecule has 7 heteroatoms. The summed E-state index contributed by atoms with van der Waals surface area (Å²) in [5, 5.41) is 2.86. The molecule has 0 fully saturated rings. The standard InChI is InChI=1S/C23H24N2O4S/c26-23(24-17-7-8-18-29-21-9-3-1-4-10-21)19-13-15-20(16-14-19)25-30(27,28)22-11-5-2-6-12-22/h1-6,9-16,25H,7-8,17-18H2,(H,24,26). The van der Waals surface area contributed by atoms with Crippen LogP contribution in [-0.4, -0.2) is 27.5 Å². The van der Waals surface area contributed by atoms with Crippen LogP contribution in [0.3, 0.4) is 0 Å². The maximum atomic E-state index is 12.3. The van der Waals surface area contributed by atoms with Crippen molar-refractivity contribution in [3.63, 3.8) is 0 Å². The molecule has 0 heterocycles. The zero-order valence-electron chi connectivity index (χ0n) is 16.5. The fraction of sp³-hybridized carbons (Fsp3) is 0.174. The van der Waals surface area contributed by atoms with Crippen molar-refractivity contribution in [3.8, 4) is 5.75 Å². The quantitative estimate of drug-likeness (QED) is 0.481. The van der Waals surface area contributed by atoms with E-state index in [1.807, 2.05) is 30.3 Å². The van der Waals surface area contributed by atoms with Gasteiger partial charge >= 0.3 is 0 Å². The van der Waals surface area contributed by atoms with Gasteiger partial charge in [-0.3, -0.25) is 9.52 Å². The van der Waals surface area contributed by atoms with Gasteiger partial charge in [0, 0.05) is 17.8 Å². The lowest BCUT2D eigenvalue weighted by Crippen LogP contribution is -2.24. The van der Waals surface area contributed by atoms with Gasteiger partial charge in [0.15, 0.2) is 0 Å². The Hall–Kier alpha value is -3.32. The Kier molecular flexibility index (Phi) is 7.45. The van der Waals surface area contributed by atoms with Crippen LogP contribution in [0.1, 0.15) is 23.2 Å². The fourth-order valence-electron chi connectivity index (χ4n) is 2.74. The van der Waals surface area contributed by atoms with Gasteiger partial charge in [-0.05, 0) is 61.4 Å². The number of anilines is 1. The Balaban J connectivity index is 1.41. The van der Waals surface area contributed by atoms with E-state index in [1.54, 1.807) is 42.5 Å². The van der Waals surface area contributed by atoms with Crippen molar-refractivity contribution in [3.05, 3.63) is 90.5 Å². The Morgan fingerprint density at radius 2 is 1.43 bits per heavy atom. The van der Waals surface area contributed by atoms with Crippen molar-refractivity contribution in [2.75, 3.05) is 17.9 Å². The second-order valence-electron chi connectivity index (χ2n) is 6.62. The first-order valence-electron chi connectivity index (χ1n) is 9.68. The van der Waals surface area contributed by atoms with Gasteiger partial charge in [0.05, 0.1) is 11.5 Å². The number of rotatable bonds is 10. The lowest BCUT2D eigenvalue weighted by molar-refractivity contribution is 0.0952. The summed E-state index contributed by atoms with van der Waals surface area (Å²) in [4.78, 5) is 12.4. The minimum Gasteiger partial charge on any atom is -0.494 e. The molecule has 0 bridgehead atoms. The number of unbranched alkanes of at least 4 members (excludes halogenated alkanes) is 1. The van der Waals surface area contributed by atoms with Gasteiger partial charge in [-0.2, -0.15) is 0 Å². The molecule has 0 unspecified atom stereocenters. The SMILES string of the molecule is O=C(NCCCCOc1ccccc1)c1ccc(NS(=O)(=O)c2ccccc2)cc1. The smallest absolute Gasteiger partial charge is 0.261 e. The minimum atomic E-state index is -3.65. The lowest BCUT2D eigenvalue weighted by atomic mass is 10.2. The van der Waals surface area contributed by atoms with Gasteiger partial charge in [0.25, 0.3) is 15.9 Å². The van der Waals surface area contributed by atoms with Crippen LogP contribution in [0.25, 0.3) is 0 Å². The van der Waals surface area contributed by atoms with E-state index in [-0.39, 0.29) is 10.8 Å². The molecule has 0 aliphatic rings. The van der Waals surface area contributed by atoms with Crippen molar-refractivity contribution in [1.29, 1.82) is 0 Å². The van der Waals surface area contributed by atoms with Crippen LogP contribution in [0.4, 0.5) is 5.69 Å². The van der Waals surface area contributed by atoms with Gasteiger partial charge in [-0.15, -0.1) is 0 Å². The Bertz CT molecular complexity index is 1040. The third-order valence-electron chi connectivity index (χ3n) is 4.32. The molecule has 0 spiro atoms. The molecular formula is C23H24N2O4S. The molecule has 0 radical (unpaired) electrons. The van der Waals surface area contributed by atoms with Gasteiger partial charge in [0.1, 0.15) is 5.75 Å². The van der Waals surface area contributed by atoms with Gasteiger partial charge < -0.3 is 10.1 Å². The zero-order valence-corrected chi connectivity index (χ0v) is 17.3. The number of amides is 1. The molecule has 0 saturated carbocycles. The molecule has 156 valence electrons. The number of benzene rings is 3. The number of carbonyl (C=O) groups is 1. The predicted molar refractivity (Wildman–Crippen MR) is 117 cm³/mol. The van der Waals surface area contributed by atoms with Crippen LogP contribution in [0.2, 0.25) is 0 Å². The van der Waals surface area contributed by atoms with Crippen LogP contribution in [0.5, 0.6) is 5.75 Å². The van der Waals surface area contributed by atoms with Crippen LogP contribution in [0, 0.1) is 0 Å². The highest BCUT2D eigenvalue weighted by Gasteiger charge is 2.13. The van der Waals surface area contributed by atoms with E-state index in [0.717, 1.165) is 18.6 Å². The summed E-state index contributed by atoms with van der Waals surface area (Å²) in [7, 11) is -3.65. The lowest BCUT2D eigenvalue weighted by Gasteiger charge is -2.09. The Morgan fingerprint density at radius 3 is 2.10 bits per heavy atom. The third kappa shape index (κ3) is 6.35. The number of ether oxygens (including phenoxy) is 1. The summed E-state index contributed by atoms with van der Waals surface area (Å²) < 4.78 is 32.8. The van der Waals surface area contributed by atoms with Gasteiger partial charge in [-0.25, -0.2) is 8.42 Å². The first-order chi connectivity index (χ1) is 14.5. The molecule has 6 nitrogen and oxygen atoms in total. The largest absolute Gasteiger partial charge is 0.494 e. The van der Waals surface area contributed by atoms with Gasteiger partial charge in [-0.1, -0.05) is 36.4 Å². The van der Waals surface area contributed by atoms with Crippen molar-refractivity contribution < 1.29 is 17.9 Å². The van der Waals surface area contributed by atoms with Crippen molar-refractivity contribution in [2.24, 2.45) is 0 Å². The summed E-state index contributed by atoms with van der Waals surface area (Å²) in [6.45, 7) is 1.13. The van der Waals surface area contributed by atoms with E-state index in [9.17, 15) is 13.2 Å². The molecule has 0 aliphatic heterocycles. The third-order valence-corrected chi connectivity index (χ3v) is 5.72. The number of hydrogen-bond acceptors (Lipinski definition) is 4. The van der Waals surface area contributed by atoms with Crippen molar-refractivity contribution in [1.82, 2.24) is 5.32 Å². The molecule has 0 atom stereocenters. The molecule has 2 N–H and O–H groups in total. The molecular weight excluding hydrogens is 400 g/mol. The summed E-state index contributed by atoms with van der Waals surface area (Å²) in [6, 6.07) is 24.1. The van der Waals surface area contributed by atoms with Crippen LogP contribution >= 0.6 is 0 Å². The molecule has 3 aromatic rings. The highest BCUT2D eigenvalue weighted by atomic mass is 32.2. The normalized spacial score (nSPS) is 10.9. The molecule has 0 saturated heterocycles. The predicted octanol–water partition coefficient (Wildman–Crippen LogP) is 4.08. The minimum absolute atomic E-state index is 0.183. The summed E-state index contributed by atoms with van der Waals surface area (Å²) in [5.74, 6) is 0.640. The van der Waals surface area contributed by atoms with E-state index in [2.05, 4.69) is 10.0 Å². The second kappa shape index (κ2) is 10.5. The average Bonchev–Trinajstić information content (AvgIpc) is 2.77. The second-order valence-corrected chi connectivity index (χ2v) is 8.30. The number of sulfonamides is 1. The van der Waals surface area contributed by atoms with Crippen LogP contribution < -0.4 is 14.8 Å². The molecule has 1 amide bonds. The first-order valence-corrected chi connectivity index (χ1v) is 11.2. The van der Waals surface area contributed by atoms with E-state index in [1.165, 1.54) is 12.1 Å². The topological polar surface area (TPSA) is 84.5 Å². The Morgan fingerprint density at radius 1 is 0.800 bits per heavy atom. The van der Waals surface area contributed by atoms with Crippen molar-refractivity contribution in [2.45, 2.75) is 17.7 Å². The van der Waals surface area contributed by atoms with E-state index in [0.29, 0.717) is 24.4 Å². The van der Waals surface area contributed by atoms with E-state index in [4.69, 9.17) is 4.74 Å². The number of para-hydroxylation sites is 1. The van der Waals surface area contributed by atoms with E-state index >= 15 is 0 Å². The summed E-state index contributed by atoms with van der Waals surface area (Å²) >= 11 is 0. The molecule has 3 rings (SSSR count). The maximum Gasteiger partial charge on any atom is 0.261 e. The molecule has 3 aromatic carbocycles. The molecule has 0 aliphatic carbocycles. The van der Waals surface area contributed by atoms with E-state index < -0.39 is 10.0 Å². The number of nitrogens with one attached hydrogen (secondary N) is 2. The average molecular weight is 425 g/mol. The number of hydrogen-bond donors (Lipinski definition) is 2. The highest BCUT2D eigenvalue weighted by molar-refractivity contribution is 7.92. The van der Waals surface area contributed by atoms with Gasteiger partial charge in [0.2, 0.25) is 0 Å². The van der Waals surface area contributed by atoms with Crippen LogP contribution in [0.15, 0.2) is 89.8 Å². The molecule has 30 heavy (non-hydrogen) atoms. The Labute approximate surface area is 177 Å². The molecule has 0 aromatic heterocycles. The summed E-state index contributed by atoms with van der Waals surface area (Å²) in [5.41, 5.74) is 0.867. The zero-order chi connectivity index (χ0) is 21.2.